The molecule has 24 aromatic carbocycles. The first kappa shape index (κ1) is 83.8. The van der Waals surface area contributed by atoms with Gasteiger partial charge in [-0.05, 0) is 359 Å². The number of esters is 2. The third-order valence-electron chi connectivity index (χ3n) is 37.0. The van der Waals surface area contributed by atoms with E-state index in [1.54, 1.807) is 65.3 Å². The quantitative estimate of drug-likeness (QED) is 0.0211. The predicted molar refractivity (Wildman–Crippen MR) is 585 cm³/mol. The van der Waals surface area contributed by atoms with Crippen LogP contribution in [0.2, 0.25) is 0 Å². The SMILES string of the molecule is C=Cc1ccc(COc2cc(COC(=O)CCCC3(c4ccccc4)C4c5cc6c7c8c(cc9ccc%10cc%11c%12c%13c(cc(c%14c5c7c(c%14%13)c5c8c9c%10c%125)C43)C%11)C6)cc(OCc3ccc(C=C)cc3)c2)cc1.CC1(COCCCOc2cc(COC(=O)CCCC3(c4ccccc4)C4c5cc6c7c8c(cc9ccc%10cc%11c%12c%13c(cc(c%14c5c7c(c%14%13)c5c8c9c%10c%125)C43)C%11)C6)cc(OCCCOCC3(C)COC3)c2)COC1. The summed E-state index contributed by atoms with van der Waals surface area (Å²) < 4.78 is 60.2. The lowest BCUT2D eigenvalue weighted by atomic mass is 9.83. The van der Waals surface area contributed by atoms with Gasteiger partial charge in [-0.1, -0.05) is 221 Å². The Kier molecular flexibility index (Phi) is 17.3. The van der Waals surface area contributed by atoms with Crippen molar-refractivity contribution in [3.8, 4) is 23.0 Å². The number of fused-ring (bicyclic) bond motifs is 6. The lowest BCUT2D eigenvalue weighted by molar-refractivity contribution is -0.146. The van der Waals surface area contributed by atoms with Gasteiger partial charge in [0.15, 0.2) is 0 Å². The molecule has 10 aliphatic rings. The van der Waals surface area contributed by atoms with Gasteiger partial charge in [-0.25, -0.2) is 0 Å². The standard InChI is InChI=1S/C68H46O4.C66H58O8/c1-3-35-12-16-37(17-13-35)32-70-47-23-39(24-48(31-47)71-33-38-18-14-36(4-2)15-19-38)34-72-51(69)11-8-22-68(46-9-6-5-7-10-46)66-49-29-44-27-42-25-40-20-21-41-26-43-28-45-30-50(67(66)68)59-58(49)62-56(44)54(42)60-52(40)53(41)61-55(43)57(45)63(59)65(62)64(60)61;1-64(31-70-32-64)29-68-15-7-17-72-43-19-35(20-44(27-43)73-18-8-16-69-30-65(2)33-71-34-65)28-74-47(67)11-6-14-66(42-9-4-3-5-10-42)62-45-25-40-23-38-21-36-12-13-37-22-39-24-41-26-46(63(62)66)55-54(45)58-52(40)50(38)56-48(36)49(37)57-51(39)53(41)59(55)61(58)60(56)57/h3-7,9-10,12-21,23-26,29-31,66-67H,1-2,8,11,22,27-28,32-34H2;3-5,9-10,12-13,19-22,25-27,62-63H,6-8,11,14-18,23-24,28-34H2,1-2H3. The van der Waals surface area contributed by atoms with Crippen molar-refractivity contribution < 1.29 is 57.0 Å². The first-order valence-electron chi connectivity index (χ1n) is 53.2. The zero-order chi connectivity index (χ0) is 96.1. The average molecular weight is 1910 g/mol. The number of hydrogen-bond donors (Lipinski definition) is 0. The maximum Gasteiger partial charge on any atom is 0.306 e. The van der Waals surface area contributed by atoms with Crippen LogP contribution in [0.15, 0.2) is 232 Å². The minimum atomic E-state index is -0.189. The molecule has 0 aromatic heterocycles. The highest BCUT2D eigenvalue weighted by Gasteiger charge is 2.70. The third kappa shape index (κ3) is 11.4. The first-order valence-corrected chi connectivity index (χ1v) is 53.2. The number of carbonyl (C=O) groups is 2. The average Bonchev–Trinajstić information content (AvgIpc) is 1.45. The minimum absolute atomic E-state index is 0.120. The van der Waals surface area contributed by atoms with Crippen LogP contribution in [0.25, 0.3) is 185 Å². The first-order chi connectivity index (χ1) is 71.7. The zero-order valence-corrected chi connectivity index (χ0v) is 81.9. The van der Waals surface area contributed by atoms with E-state index in [4.69, 9.17) is 47.4 Å². The molecule has 0 bridgehead atoms. The highest BCUT2D eigenvalue weighted by Crippen LogP contribution is 2.81. The van der Waals surface area contributed by atoms with Crippen LogP contribution in [0.4, 0.5) is 0 Å². The van der Waals surface area contributed by atoms with Crippen molar-refractivity contribution in [1.29, 1.82) is 0 Å². The Hall–Kier alpha value is -14.5. The summed E-state index contributed by atoms with van der Waals surface area (Å²) in [6.07, 6.45) is 13.1. The summed E-state index contributed by atoms with van der Waals surface area (Å²) in [5.41, 5.74) is 26.8. The molecule has 2 saturated heterocycles. The van der Waals surface area contributed by atoms with Gasteiger partial charge in [-0.3, -0.25) is 9.59 Å². The van der Waals surface area contributed by atoms with Crippen LogP contribution >= 0.6 is 0 Å². The highest BCUT2D eigenvalue weighted by atomic mass is 16.5. The van der Waals surface area contributed by atoms with Gasteiger partial charge in [0.25, 0.3) is 0 Å². The van der Waals surface area contributed by atoms with Gasteiger partial charge in [-0.2, -0.15) is 0 Å². The van der Waals surface area contributed by atoms with Crippen LogP contribution in [0.1, 0.15) is 200 Å². The fourth-order valence-corrected chi connectivity index (χ4v) is 31.2. The van der Waals surface area contributed by atoms with E-state index in [-0.39, 0.29) is 46.8 Å². The molecular formula is C134H104O12. The number of carbonyl (C=O) groups excluding carboxylic acids is 2. The summed E-state index contributed by atoms with van der Waals surface area (Å²) in [4.78, 5) is 27.9. The molecule has 24 aromatic rings. The molecule has 0 spiro atoms. The normalized spacial score (nSPS) is 19.8. The molecule has 12 heteroatoms. The van der Waals surface area contributed by atoms with Gasteiger partial charge >= 0.3 is 11.9 Å². The van der Waals surface area contributed by atoms with E-state index >= 15 is 0 Å². The maximum atomic E-state index is 14.0. The second-order valence-electron chi connectivity index (χ2n) is 45.8. The monoisotopic (exact) mass is 1900 g/mol. The summed E-state index contributed by atoms with van der Waals surface area (Å²) in [5, 5.41) is 48.5. The Morgan fingerprint density at radius 3 is 0.897 bits per heavy atom. The Balaban J connectivity index is 0.000000128. The summed E-state index contributed by atoms with van der Waals surface area (Å²) in [6, 6.07) is 81.0. The van der Waals surface area contributed by atoms with E-state index in [9.17, 15) is 9.59 Å². The minimum Gasteiger partial charge on any atom is -0.493 e. The topological polar surface area (TPSA) is 126 Å². The van der Waals surface area contributed by atoms with Crippen LogP contribution < -0.4 is 18.9 Å². The second-order valence-corrected chi connectivity index (χ2v) is 45.8. The van der Waals surface area contributed by atoms with Crippen LogP contribution in [0.5, 0.6) is 23.0 Å². The molecule has 0 N–H and O–H groups in total. The summed E-state index contributed by atoms with van der Waals surface area (Å²) in [5.74, 6) is 3.66. The van der Waals surface area contributed by atoms with Crippen molar-refractivity contribution in [3.63, 3.8) is 0 Å². The molecule has 4 unspecified atom stereocenters. The molecular weight excluding hydrogens is 1800 g/mol. The van der Waals surface area contributed by atoms with Crippen LogP contribution in [-0.4, -0.2) is 78.0 Å². The van der Waals surface area contributed by atoms with Crippen LogP contribution in [0.3, 0.4) is 0 Å². The number of hydrogen-bond acceptors (Lipinski definition) is 12. The molecule has 146 heavy (non-hydrogen) atoms. The van der Waals surface area contributed by atoms with Gasteiger partial charge in [0.2, 0.25) is 0 Å². The Morgan fingerprint density at radius 1 is 0.301 bits per heavy atom. The molecule has 4 fully saturated rings. The molecule has 2 aliphatic heterocycles. The fourth-order valence-electron chi connectivity index (χ4n) is 31.2. The van der Waals surface area contributed by atoms with E-state index in [2.05, 4.69) is 160 Å². The molecule has 0 radical (unpaired) electrons. The van der Waals surface area contributed by atoms with Gasteiger partial charge < -0.3 is 47.4 Å². The van der Waals surface area contributed by atoms with Gasteiger partial charge in [0, 0.05) is 96.4 Å². The smallest absolute Gasteiger partial charge is 0.306 e. The Morgan fingerprint density at radius 2 is 0.596 bits per heavy atom. The number of ether oxygens (including phenoxy) is 10. The van der Waals surface area contributed by atoms with E-state index in [0.717, 1.165) is 124 Å². The van der Waals surface area contributed by atoms with Crippen LogP contribution in [-0.2, 0) is 101 Å². The molecule has 2 heterocycles. The lowest BCUT2D eigenvalue weighted by Gasteiger charge is -2.37. The molecule has 2 saturated carbocycles. The summed E-state index contributed by atoms with van der Waals surface area (Å²) in [7, 11) is 0. The maximum absolute atomic E-state index is 14.0. The fraction of sp³-hybridized carbons (Fsp3) is 0.269. The van der Waals surface area contributed by atoms with E-state index < -0.39 is 0 Å². The van der Waals surface area contributed by atoms with Crippen molar-refractivity contribution in [2.75, 3.05) is 66.1 Å². The molecule has 12 nitrogen and oxygen atoms in total. The second kappa shape index (κ2) is 30.1. The molecule has 712 valence electrons. The highest BCUT2D eigenvalue weighted by molar-refractivity contribution is 6.61. The molecule has 4 atom stereocenters. The van der Waals surface area contributed by atoms with E-state index in [1.807, 2.05) is 97.1 Å². The third-order valence-corrected chi connectivity index (χ3v) is 37.0. The van der Waals surface area contributed by atoms with E-state index in [0.29, 0.717) is 112 Å². The molecule has 0 amide bonds. The molecule has 34 rings (SSSR count). The van der Waals surface area contributed by atoms with Crippen molar-refractivity contribution in [3.05, 3.63) is 343 Å². The van der Waals surface area contributed by atoms with E-state index in [1.165, 1.54) is 185 Å². The predicted octanol–water partition coefficient (Wildman–Crippen LogP) is 30.0. The Bertz CT molecular complexity index is 9200. The zero-order valence-electron chi connectivity index (χ0n) is 81.9. The molecule has 8 aliphatic carbocycles. The number of rotatable bonds is 36. The van der Waals surface area contributed by atoms with Crippen molar-refractivity contribution >= 4 is 196 Å². The summed E-state index contributed by atoms with van der Waals surface area (Å²) >= 11 is 0. The van der Waals surface area contributed by atoms with Crippen molar-refractivity contribution in [2.45, 2.75) is 152 Å². The summed E-state index contributed by atoms with van der Waals surface area (Å²) in [6.45, 7) is 19.8. The Labute approximate surface area is 842 Å². The van der Waals surface area contributed by atoms with Crippen molar-refractivity contribution in [2.24, 2.45) is 10.8 Å². The van der Waals surface area contributed by atoms with Gasteiger partial charge in [0.05, 0.1) is 52.9 Å². The lowest BCUT2D eigenvalue weighted by Crippen LogP contribution is -2.43. The largest absolute Gasteiger partial charge is 0.493 e. The van der Waals surface area contributed by atoms with Crippen molar-refractivity contribution in [1.82, 2.24) is 0 Å². The van der Waals surface area contributed by atoms with Gasteiger partial charge in [-0.15, -0.1) is 0 Å². The number of benzene rings is 20. The van der Waals surface area contributed by atoms with Gasteiger partial charge in [0.1, 0.15) is 49.4 Å². The van der Waals surface area contributed by atoms with Crippen LogP contribution in [0, 0.1) is 10.8 Å².